The van der Waals surface area contributed by atoms with Crippen LogP contribution in [0.3, 0.4) is 0 Å². The minimum absolute atomic E-state index is 0.254. The number of hydrogen-bond acceptors (Lipinski definition) is 13. The molecule has 2 rings (SSSR count). The minimum atomic E-state index is -1.80. The molecule has 12 atom stereocenters. The summed E-state index contributed by atoms with van der Waals surface area (Å²) >= 11 is 0. The molecule has 2 saturated heterocycles. The Kier molecular flexibility index (Phi) is 47.7. The number of rotatable bonds is 52. The SMILES string of the molecule is CC/C=C\C/C=C\C/C=C\C/C=C\CCCCCCCCC(=O)NC(COC1OC(CO)C(OC2OC(CO)C(O)C(O)C2O)C(O)C1O)C(O)/C=C/CC/C=C/CCCCCCCCCCCCCCCCCCCCCCCC. The van der Waals surface area contributed by atoms with Crippen molar-refractivity contribution in [2.75, 3.05) is 19.8 Å². The second-order valence-electron chi connectivity index (χ2n) is 22.9. The van der Waals surface area contributed by atoms with E-state index >= 15 is 0 Å². The van der Waals surface area contributed by atoms with Crippen LogP contribution in [-0.4, -0.2) is 140 Å². The zero-order valence-corrected chi connectivity index (χ0v) is 50.8. The van der Waals surface area contributed by atoms with E-state index in [1.165, 1.54) is 141 Å². The Labute approximate surface area is 491 Å². The largest absolute Gasteiger partial charge is 0.394 e. The highest BCUT2D eigenvalue weighted by molar-refractivity contribution is 5.76. The highest BCUT2D eigenvalue weighted by atomic mass is 16.7. The number of ether oxygens (including phenoxy) is 4. The van der Waals surface area contributed by atoms with Gasteiger partial charge in [-0.25, -0.2) is 0 Å². The van der Waals surface area contributed by atoms with E-state index in [0.29, 0.717) is 12.8 Å². The molecule has 0 aliphatic carbocycles. The van der Waals surface area contributed by atoms with Gasteiger partial charge in [-0.2, -0.15) is 0 Å². The lowest BCUT2D eigenvalue weighted by Crippen LogP contribution is -2.65. The summed E-state index contributed by atoms with van der Waals surface area (Å²) in [6.45, 7) is 2.67. The third-order valence-electron chi connectivity index (χ3n) is 15.6. The van der Waals surface area contributed by atoms with Crippen LogP contribution in [0.1, 0.15) is 251 Å². The molecular weight excluding hydrogens is 1030 g/mol. The Balaban J connectivity index is 1.73. The minimum Gasteiger partial charge on any atom is -0.394 e. The predicted molar refractivity (Wildman–Crippen MR) is 327 cm³/mol. The molecule has 14 heteroatoms. The first-order valence-electron chi connectivity index (χ1n) is 32.7. The number of aliphatic hydroxyl groups excluding tert-OH is 8. The van der Waals surface area contributed by atoms with Gasteiger partial charge in [0.15, 0.2) is 12.6 Å². The molecule has 14 nitrogen and oxygen atoms in total. The van der Waals surface area contributed by atoms with Gasteiger partial charge in [-0.1, -0.05) is 247 Å². The zero-order valence-electron chi connectivity index (χ0n) is 50.8. The fraction of sp³-hybridized carbons (Fsp3) is 0.806. The van der Waals surface area contributed by atoms with Crippen molar-refractivity contribution in [1.29, 1.82) is 0 Å². The second kappa shape index (κ2) is 51.8. The van der Waals surface area contributed by atoms with Gasteiger partial charge < -0.3 is 65.1 Å². The summed E-state index contributed by atoms with van der Waals surface area (Å²) in [5.74, 6) is -0.264. The van der Waals surface area contributed by atoms with Gasteiger partial charge in [0.2, 0.25) is 5.91 Å². The summed E-state index contributed by atoms with van der Waals surface area (Å²) < 4.78 is 22.8. The lowest BCUT2D eigenvalue weighted by Gasteiger charge is -2.46. The van der Waals surface area contributed by atoms with E-state index < -0.39 is 86.8 Å². The lowest BCUT2D eigenvalue weighted by molar-refractivity contribution is -0.359. The number of aliphatic hydroxyl groups is 8. The molecule has 12 unspecified atom stereocenters. The molecule has 1 amide bonds. The van der Waals surface area contributed by atoms with E-state index in [4.69, 9.17) is 18.9 Å². The van der Waals surface area contributed by atoms with Crippen molar-refractivity contribution in [3.63, 3.8) is 0 Å². The van der Waals surface area contributed by atoms with Crippen LogP contribution in [0.5, 0.6) is 0 Å². The van der Waals surface area contributed by atoms with Crippen LogP contribution in [0, 0.1) is 0 Å². The molecule has 2 aliphatic rings. The van der Waals surface area contributed by atoms with Gasteiger partial charge in [-0.15, -0.1) is 0 Å². The molecule has 0 radical (unpaired) electrons. The molecule has 2 heterocycles. The number of nitrogens with one attached hydrogen (secondary N) is 1. The molecule has 0 aromatic heterocycles. The van der Waals surface area contributed by atoms with Crippen molar-refractivity contribution in [2.24, 2.45) is 0 Å². The first-order valence-corrected chi connectivity index (χ1v) is 32.7. The number of carbonyl (C=O) groups excluding carboxylic acids is 1. The average Bonchev–Trinajstić information content (AvgIpc) is 3.63. The first kappa shape index (κ1) is 74.5. The van der Waals surface area contributed by atoms with Gasteiger partial charge in [0.1, 0.15) is 48.8 Å². The van der Waals surface area contributed by atoms with Crippen molar-refractivity contribution < 1.29 is 64.6 Å². The van der Waals surface area contributed by atoms with Crippen LogP contribution < -0.4 is 5.32 Å². The quantitative estimate of drug-likeness (QED) is 0.0204. The van der Waals surface area contributed by atoms with Gasteiger partial charge in [-0.3, -0.25) is 4.79 Å². The fourth-order valence-corrected chi connectivity index (χ4v) is 10.4. The Morgan fingerprint density at radius 2 is 0.864 bits per heavy atom. The number of carbonyl (C=O) groups is 1. The molecule has 0 aromatic rings. The molecule has 81 heavy (non-hydrogen) atoms. The monoisotopic (exact) mass is 1150 g/mol. The summed E-state index contributed by atoms with van der Waals surface area (Å²) in [5.41, 5.74) is 0. The van der Waals surface area contributed by atoms with Crippen molar-refractivity contribution in [2.45, 2.75) is 325 Å². The summed E-state index contributed by atoms with van der Waals surface area (Å²) in [7, 11) is 0. The maximum Gasteiger partial charge on any atom is 0.220 e. The van der Waals surface area contributed by atoms with Crippen LogP contribution in [0.15, 0.2) is 72.9 Å². The molecule has 0 saturated carbocycles. The summed E-state index contributed by atoms with van der Waals surface area (Å²) in [4.78, 5) is 13.3. The van der Waals surface area contributed by atoms with E-state index in [-0.39, 0.29) is 18.9 Å². The molecule has 470 valence electrons. The average molecular weight is 1150 g/mol. The molecule has 2 aliphatic heterocycles. The zero-order chi connectivity index (χ0) is 58.8. The molecule has 2 fully saturated rings. The third-order valence-corrected chi connectivity index (χ3v) is 15.6. The van der Waals surface area contributed by atoms with Crippen LogP contribution in [0.2, 0.25) is 0 Å². The Morgan fingerprint density at radius 1 is 0.457 bits per heavy atom. The van der Waals surface area contributed by atoms with E-state index in [9.17, 15) is 45.6 Å². The standard InChI is InChI=1S/C67H119NO13/c1-3-5-7-9-11-13-15-17-19-21-23-24-25-26-27-28-29-30-31-33-34-36-38-40-42-44-46-48-50-56(71)55(68-59(72)51-49-47-45-43-41-39-37-35-32-22-20-18-16-14-12-10-8-6-4-2)54-78-66-64(77)62(75)65(58(53-70)80-66)81-67-63(76)61(74)60(73)57(52-69)79-67/h6,8,12,14,18,20,32,35,40,42,48,50,55-58,60-67,69-71,73-77H,3-5,7,9-11,13,15-17,19,21-31,33-34,36-39,41,43-47,49,51-54H2,1-2H3,(H,68,72)/b8-6-,14-12-,20-18-,35-32-,42-40+,50-48+. The molecule has 0 spiro atoms. The highest BCUT2D eigenvalue weighted by Crippen LogP contribution is 2.30. The van der Waals surface area contributed by atoms with Crippen LogP contribution in [0.25, 0.3) is 0 Å². The molecule has 9 N–H and O–H groups in total. The Hall–Kier alpha value is -2.57. The van der Waals surface area contributed by atoms with Crippen LogP contribution in [-0.2, 0) is 23.7 Å². The summed E-state index contributed by atoms with van der Waals surface area (Å²) in [5, 5.41) is 87.2. The predicted octanol–water partition coefficient (Wildman–Crippen LogP) is 12.3. The van der Waals surface area contributed by atoms with E-state index in [0.717, 1.165) is 77.0 Å². The van der Waals surface area contributed by atoms with E-state index in [1.807, 2.05) is 6.08 Å². The van der Waals surface area contributed by atoms with Gasteiger partial charge >= 0.3 is 0 Å². The topological polar surface area (TPSA) is 228 Å². The molecule has 0 aromatic carbocycles. The Morgan fingerprint density at radius 3 is 1.36 bits per heavy atom. The number of allylic oxidation sites excluding steroid dienone is 11. The highest BCUT2D eigenvalue weighted by Gasteiger charge is 2.51. The number of unbranched alkanes of at least 4 members (excludes halogenated alkanes) is 29. The van der Waals surface area contributed by atoms with Gasteiger partial charge in [0.25, 0.3) is 0 Å². The summed E-state index contributed by atoms with van der Waals surface area (Å²) in [6, 6.07) is -0.944. The molecule has 0 bridgehead atoms. The Bertz CT molecular complexity index is 1630. The third kappa shape index (κ3) is 36.8. The second-order valence-corrected chi connectivity index (χ2v) is 22.9. The molecular formula is C67H119NO13. The lowest BCUT2D eigenvalue weighted by atomic mass is 9.97. The smallest absolute Gasteiger partial charge is 0.220 e. The van der Waals surface area contributed by atoms with Crippen molar-refractivity contribution >= 4 is 5.91 Å². The van der Waals surface area contributed by atoms with E-state index in [1.54, 1.807) is 6.08 Å². The number of amides is 1. The maximum atomic E-state index is 13.3. The van der Waals surface area contributed by atoms with Gasteiger partial charge in [-0.05, 0) is 70.6 Å². The maximum absolute atomic E-state index is 13.3. The first-order chi connectivity index (χ1) is 39.6. The fourth-order valence-electron chi connectivity index (χ4n) is 10.4. The van der Waals surface area contributed by atoms with Crippen LogP contribution in [0.4, 0.5) is 0 Å². The number of hydrogen-bond donors (Lipinski definition) is 9. The van der Waals surface area contributed by atoms with Gasteiger partial charge in [0.05, 0.1) is 32.0 Å². The van der Waals surface area contributed by atoms with Crippen LogP contribution >= 0.6 is 0 Å². The normalized spacial score (nSPS) is 24.6. The van der Waals surface area contributed by atoms with Crippen molar-refractivity contribution in [3.05, 3.63) is 72.9 Å². The van der Waals surface area contributed by atoms with Crippen molar-refractivity contribution in [1.82, 2.24) is 5.32 Å². The van der Waals surface area contributed by atoms with Crippen molar-refractivity contribution in [3.8, 4) is 0 Å². The van der Waals surface area contributed by atoms with Gasteiger partial charge in [0, 0.05) is 6.42 Å². The summed E-state index contributed by atoms with van der Waals surface area (Å²) in [6.07, 6.45) is 52.4. The van der Waals surface area contributed by atoms with E-state index in [2.05, 4.69) is 79.9 Å².